The van der Waals surface area contributed by atoms with Crippen LogP contribution in [0.4, 0.5) is 4.39 Å². The Bertz CT molecular complexity index is 1020. The van der Waals surface area contributed by atoms with Crippen LogP contribution in [0.2, 0.25) is 0 Å². The number of nitrogens with one attached hydrogen (secondary N) is 1. The van der Waals surface area contributed by atoms with E-state index in [1.54, 1.807) is 37.3 Å². The fraction of sp³-hybridized carbons (Fsp3) is 0.190. The molecule has 2 unspecified atom stereocenters. The lowest BCUT2D eigenvalue weighted by atomic mass is 10.0. The monoisotopic (exact) mass is 397 g/mol. The van der Waals surface area contributed by atoms with Gasteiger partial charge in [-0.3, -0.25) is 9.59 Å². The van der Waals surface area contributed by atoms with Crippen molar-refractivity contribution in [3.05, 3.63) is 77.6 Å². The normalized spacial score (nSPS) is 12.9. The number of aliphatic hydroxyl groups is 1. The molecular formula is C21H20FN3O4. The van der Waals surface area contributed by atoms with E-state index in [-0.39, 0.29) is 23.8 Å². The molecule has 0 saturated carbocycles. The van der Waals surface area contributed by atoms with Crippen molar-refractivity contribution in [3.8, 4) is 11.3 Å². The lowest BCUT2D eigenvalue weighted by molar-refractivity contribution is -0.127. The van der Waals surface area contributed by atoms with Crippen LogP contribution in [0.5, 0.6) is 0 Å². The zero-order chi connectivity index (χ0) is 21.0. The molecule has 0 fully saturated rings. The van der Waals surface area contributed by atoms with Crippen molar-refractivity contribution in [3.63, 3.8) is 0 Å². The van der Waals surface area contributed by atoms with E-state index < -0.39 is 29.8 Å². The molecule has 2 aromatic carbocycles. The van der Waals surface area contributed by atoms with E-state index in [1.165, 1.54) is 18.2 Å². The van der Waals surface area contributed by atoms with Crippen LogP contribution in [0.15, 0.2) is 59.0 Å². The van der Waals surface area contributed by atoms with Crippen LogP contribution >= 0.6 is 0 Å². The number of hydrogen-bond acceptors (Lipinski definition) is 5. The number of aromatic nitrogens is 1. The van der Waals surface area contributed by atoms with Crippen molar-refractivity contribution in [2.45, 2.75) is 25.5 Å². The van der Waals surface area contributed by atoms with E-state index >= 15 is 0 Å². The highest BCUT2D eigenvalue weighted by Gasteiger charge is 2.29. The average molecular weight is 397 g/mol. The molecule has 150 valence electrons. The Morgan fingerprint density at radius 2 is 1.93 bits per heavy atom. The first kappa shape index (κ1) is 20.2. The van der Waals surface area contributed by atoms with E-state index in [9.17, 15) is 19.1 Å². The first-order valence-electron chi connectivity index (χ1n) is 8.90. The number of benzene rings is 2. The quantitative estimate of drug-likeness (QED) is 0.563. The van der Waals surface area contributed by atoms with Gasteiger partial charge in [0, 0.05) is 12.5 Å². The van der Waals surface area contributed by atoms with Gasteiger partial charge in [0.1, 0.15) is 11.5 Å². The molecule has 1 heterocycles. The van der Waals surface area contributed by atoms with Crippen LogP contribution in [0.3, 0.4) is 0 Å². The second kappa shape index (κ2) is 8.66. The van der Waals surface area contributed by atoms with Gasteiger partial charge in [-0.15, -0.1) is 0 Å². The van der Waals surface area contributed by atoms with Gasteiger partial charge < -0.3 is 20.6 Å². The topological polar surface area (TPSA) is 118 Å². The molecule has 1 aromatic heterocycles. The number of carbonyl (C=O) groups excluding carboxylic acids is 2. The van der Waals surface area contributed by atoms with Crippen molar-refractivity contribution in [1.82, 2.24) is 10.3 Å². The number of carbonyl (C=O) groups is 2. The molecule has 8 heteroatoms. The number of amides is 2. The molecule has 2 amide bonds. The Balaban J connectivity index is 1.89. The summed E-state index contributed by atoms with van der Waals surface area (Å²) in [7, 11) is 0. The fourth-order valence-electron chi connectivity index (χ4n) is 2.95. The lowest BCUT2D eigenvalue weighted by Gasteiger charge is -2.22. The Kier molecular flexibility index (Phi) is 6.04. The third-order valence-electron chi connectivity index (χ3n) is 4.33. The van der Waals surface area contributed by atoms with Gasteiger partial charge in [-0.2, -0.15) is 0 Å². The molecule has 7 nitrogen and oxygen atoms in total. The highest BCUT2D eigenvalue weighted by molar-refractivity contribution is 5.97. The van der Waals surface area contributed by atoms with E-state index in [0.29, 0.717) is 5.56 Å². The van der Waals surface area contributed by atoms with Gasteiger partial charge in [0.2, 0.25) is 11.7 Å². The summed E-state index contributed by atoms with van der Waals surface area (Å²) in [5.74, 6) is -2.09. The molecule has 3 aromatic rings. The first-order valence-corrected chi connectivity index (χ1v) is 8.90. The maximum atomic E-state index is 13.6. The molecule has 0 aliphatic carbocycles. The third kappa shape index (κ3) is 4.85. The van der Waals surface area contributed by atoms with E-state index in [2.05, 4.69) is 10.3 Å². The molecule has 0 bridgehead atoms. The maximum absolute atomic E-state index is 13.6. The van der Waals surface area contributed by atoms with Gasteiger partial charge in [-0.05, 0) is 24.1 Å². The number of nitrogens with zero attached hydrogens (tertiary/aromatic N) is 1. The van der Waals surface area contributed by atoms with Crippen molar-refractivity contribution in [2.24, 2.45) is 5.73 Å². The van der Waals surface area contributed by atoms with Gasteiger partial charge >= 0.3 is 0 Å². The molecule has 2 atom stereocenters. The third-order valence-corrected chi connectivity index (χ3v) is 4.33. The number of aryl methyl sites for hydroxylation is 1. The van der Waals surface area contributed by atoms with Crippen LogP contribution in [-0.4, -0.2) is 34.1 Å². The number of hydrogen-bond donors (Lipinski definition) is 3. The van der Waals surface area contributed by atoms with E-state index in [0.717, 1.165) is 5.56 Å². The van der Waals surface area contributed by atoms with Gasteiger partial charge in [0.05, 0.1) is 6.04 Å². The molecule has 0 saturated heterocycles. The smallest absolute Gasteiger partial charge is 0.289 e. The van der Waals surface area contributed by atoms with Crippen LogP contribution in [-0.2, 0) is 11.2 Å². The largest absolute Gasteiger partial charge is 0.435 e. The molecule has 3 rings (SSSR count). The van der Waals surface area contributed by atoms with Crippen LogP contribution < -0.4 is 11.1 Å². The zero-order valence-electron chi connectivity index (χ0n) is 15.6. The molecule has 0 aliphatic heterocycles. The summed E-state index contributed by atoms with van der Waals surface area (Å²) >= 11 is 0. The summed E-state index contributed by atoms with van der Waals surface area (Å²) in [5.41, 5.74) is 6.54. The number of primary amides is 1. The fourth-order valence-corrected chi connectivity index (χ4v) is 2.95. The SMILES string of the molecule is Cc1nc(-c2cccc(F)c2)c(C(=O)NC(Cc2ccccc2)C(O)C(N)=O)o1. The summed E-state index contributed by atoms with van der Waals surface area (Å²) in [6.45, 7) is 1.55. The highest BCUT2D eigenvalue weighted by atomic mass is 19.1. The summed E-state index contributed by atoms with van der Waals surface area (Å²) in [4.78, 5) is 28.6. The van der Waals surface area contributed by atoms with E-state index in [1.807, 2.05) is 6.07 Å². The van der Waals surface area contributed by atoms with Gasteiger partial charge in [-0.25, -0.2) is 9.37 Å². The first-order chi connectivity index (χ1) is 13.8. The minimum absolute atomic E-state index is 0.150. The molecular weight excluding hydrogens is 377 g/mol. The summed E-state index contributed by atoms with van der Waals surface area (Å²) in [6.07, 6.45) is -1.44. The zero-order valence-corrected chi connectivity index (χ0v) is 15.6. The van der Waals surface area contributed by atoms with Crippen molar-refractivity contribution in [2.75, 3.05) is 0 Å². The minimum Gasteiger partial charge on any atom is -0.435 e. The number of halogens is 1. The standard InChI is InChI=1S/C21H20FN3O4/c1-12-24-17(14-8-5-9-15(22)11-14)19(29-12)21(28)25-16(18(26)20(23)27)10-13-6-3-2-4-7-13/h2-9,11,16,18,26H,10H2,1H3,(H2,23,27)(H,25,28). The molecule has 0 radical (unpaired) electrons. The van der Waals surface area contributed by atoms with Crippen molar-refractivity contribution in [1.29, 1.82) is 0 Å². The summed E-state index contributed by atoms with van der Waals surface area (Å²) < 4.78 is 19.0. The second-order valence-corrected chi connectivity index (χ2v) is 6.54. The number of rotatable bonds is 7. The average Bonchev–Trinajstić information content (AvgIpc) is 3.09. The Morgan fingerprint density at radius 1 is 1.21 bits per heavy atom. The van der Waals surface area contributed by atoms with Gasteiger partial charge in [0.15, 0.2) is 12.0 Å². The molecule has 4 N–H and O–H groups in total. The minimum atomic E-state index is -1.61. The van der Waals surface area contributed by atoms with E-state index in [4.69, 9.17) is 10.2 Å². The lowest BCUT2D eigenvalue weighted by Crippen LogP contribution is -2.50. The Hall–Kier alpha value is -3.52. The molecule has 0 spiro atoms. The van der Waals surface area contributed by atoms with Crippen LogP contribution in [0.1, 0.15) is 22.0 Å². The number of aliphatic hydroxyl groups excluding tert-OH is 1. The maximum Gasteiger partial charge on any atom is 0.289 e. The van der Waals surface area contributed by atoms with Crippen LogP contribution in [0.25, 0.3) is 11.3 Å². The van der Waals surface area contributed by atoms with Gasteiger partial charge in [-0.1, -0.05) is 42.5 Å². The predicted molar refractivity (Wildman–Crippen MR) is 103 cm³/mol. The Morgan fingerprint density at radius 3 is 2.59 bits per heavy atom. The molecule has 29 heavy (non-hydrogen) atoms. The second-order valence-electron chi connectivity index (χ2n) is 6.54. The highest BCUT2D eigenvalue weighted by Crippen LogP contribution is 2.25. The molecule has 0 aliphatic rings. The van der Waals surface area contributed by atoms with Crippen molar-refractivity contribution >= 4 is 11.8 Å². The van der Waals surface area contributed by atoms with Crippen molar-refractivity contribution < 1.29 is 23.5 Å². The van der Waals surface area contributed by atoms with Gasteiger partial charge in [0.25, 0.3) is 5.91 Å². The summed E-state index contributed by atoms with van der Waals surface area (Å²) in [5, 5.41) is 12.8. The predicted octanol–water partition coefficient (Wildman–Crippen LogP) is 1.98. The van der Waals surface area contributed by atoms with Crippen LogP contribution in [0, 0.1) is 12.7 Å². The number of oxazole rings is 1. The number of nitrogens with two attached hydrogens (primary N) is 1. The summed E-state index contributed by atoms with van der Waals surface area (Å²) in [6, 6.07) is 13.6. The Labute approximate surface area is 166 Å².